The van der Waals surface area contributed by atoms with E-state index in [0.29, 0.717) is 29.0 Å². The maximum Gasteiger partial charge on any atom is 0.00495 e. The van der Waals surface area contributed by atoms with E-state index in [1.165, 1.54) is 25.8 Å². The van der Waals surface area contributed by atoms with E-state index in [4.69, 9.17) is 5.73 Å². The van der Waals surface area contributed by atoms with Gasteiger partial charge in [0.1, 0.15) is 0 Å². The van der Waals surface area contributed by atoms with Gasteiger partial charge in [-0.15, -0.1) is 0 Å². The molecule has 0 heterocycles. The maximum absolute atomic E-state index is 6.30. The van der Waals surface area contributed by atoms with Gasteiger partial charge in [0, 0.05) is 24.7 Å². The molecule has 2 N–H and O–H groups in total. The lowest BCUT2D eigenvalue weighted by molar-refractivity contribution is 0.0242. The molecule has 0 bridgehead atoms. The average Bonchev–Trinajstić information content (AvgIpc) is 2.08. The molecule has 0 radical (unpaired) electrons. The van der Waals surface area contributed by atoms with Crippen molar-refractivity contribution in [3.05, 3.63) is 0 Å². The molecule has 0 aliphatic heterocycles. The second kappa shape index (κ2) is 5.50. The molecule has 0 aromatic heterocycles. The van der Waals surface area contributed by atoms with Gasteiger partial charge in [-0.3, -0.25) is 4.90 Å². The maximum atomic E-state index is 6.30. The van der Waals surface area contributed by atoms with Crippen molar-refractivity contribution in [2.45, 2.75) is 85.9 Å². The molecule has 2 atom stereocenters. The molecule has 1 rings (SSSR count). The summed E-state index contributed by atoms with van der Waals surface area (Å²) in [6.07, 6.45) is 3.64. The van der Waals surface area contributed by atoms with Gasteiger partial charge in [-0.1, -0.05) is 20.8 Å². The molecule has 2 nitrogen and oxygen atoms in total. The highest BCUT2D eigenvalue weighted by Gasteiger charge is 2.41. The zero-order chi connectivity index (χ0) is 14.1. The summed E-state index contributed by atoms with van der Waals surface area (Å²) in [7, 11) is 0. The zero-order valence-electron chi connectivity index (χ0n) is 13.6. The van der Waals surface area contributed by atoms with E-state index in [1.807, 2.05) is 0 Å². The van der Waals surface area contributed by atoms with Crippen molar-refractivity contribution in [2.24, 2.45) is 16.6 Å². The smallest absolute Gasteiger partial charge is 0.00495 e. The number of hydrogen-bond acceptors (Lipinski definition) is 2. The van der Waals surface area contributed by atoms with Crippen LogP contribution in [0.3, 0.4) is 0 Å². The summed E-state index contributed by atoms with van der Waals surface area (Å²) in [6.45, 7) is 17.6. The molecule has 0 aromatic rings. The van der Waals surface area contributed by atoms with Crippen molar-refractivity contribution >= 4 is 0 Å². The summed E-state index contributed by atoms with van der Waals surface area (Å²) in [6, 6.07) is 1.60. The average molecular weight is 254 g/mol. The van der Waals surface area contributed by atoms with E-state index >= 15 is 0 Å². The van der Waals surface area contributed by atoms with Crippen molar-refractivity contribution in [1.82, 2.24) is 4.90 Å². The molecule has 1 aliphatic carbocycles. The predicted molar refractivity (Wildman–Crippen MR) is 80.7 cm³/mol. The van der Waals surface area contributed by atoms with Gasteiger partial charge in [0.15, 0.2) is 0 Å². The monoisotopic (exact) mass is 254 g/mol. The Morgan fingerprint density at radius 2 is 1.56 bits per heavy atom. The summed E-state index contributed by atoms with van der Waals surface area (Å²) in [5.74, 6) is 0. The minimum atomic E-state index is 0.371. The molecule has 18 heavy (non-hydrogen) atoms. The molecule has 0 saturated heterocycles. The van der Waals surface area contributed by atoms with Gasteiger partial charge < -0.3 is 5.73 Å². The molecule has 0 spiro atoms. The van der Waals surface area contributed by atoms with Gasteiger partial charge >= 0.3 is 0 Å². The van der Waals surface area contributed by atoms with Gasteiger partial charge in [-0.2, -0.15) is 0 Å². The predicted octanol–water partition coefficient (Wildman–Crippen LogP) is 3.65. The Balaban J connectivity index is 2.79. The van der Waals surface area contributed by atoms with E-state index in [2.05, 4.69) is 53.4 Å². The van der Waals surface area contributed by atoms with Crippen LogP contribution in [0.2, 0.25) is 0 Å². The Morgan fingerprint density at radius 1 is 1.06 bits per heavy atom. The van der Waals surface area contributed by atoms with Gasteiger partial charge in [0.05, 0.1) is 0 Å². The summed E-state index contributed by atoms with van der Waals surface area (Å²) in [5.41, 5.74) is 7.06. The third-order valence-corrected chi connectivity index (χ3v) is 4.37. The Kier molecular flexibility index (Phi) is 4.88. The first kappa shape index (κ1) is 16.0. The molecular formula is C16H34N2. The van der Waals surface area contributed by atoms with Crippen LogP contribution in [0.4, 0.5) is 0 Å². The fraction of sp³-hybridized carbons (Fsp3) is 1.00. The lowest BCUT2D eigenvalue weighted by Gasteiger charge is -2.49. The molecule has 0 amide bonds. The molecule has 1 saturated carbocycles. The van der Waals surface area contributed by atoms with Crippen LogP contribution in [0, 0.1) is 10.8 Å². The summed E-state index contributed by atoms with van der Waals surface area (Å²) in [5, 5.41) is 0. The SMILES string of the molecule is CC(C)N(CC1(C)CC(N)CC(C)(C)C1)C(C)C. The van der Waals surface area contributed by atoms with E-state index in [0.717, 1.165) is 0 Å². The minimum Gasteiger partial charge on any atom is -0.328 e. The molecular weight excluding hydrogens is 220 g/mol. The van der Waals surface area contributed by atoms with Crippen LogP contribution < -0.4 is 5.73 Å². The summed E-state index contributed by atoms with van der Waals surface area (Å²) in [4.78, 5) is 2.62. The Morgan fingerprint density at radius 3 is 1.94 bits per heavy atom. The number of rotatable bonds is 4. The second-order valence-electron chi connectivity index (χ2n) is 8.18. The zero-order valence-corrected chi connectivity index (χ0v) is 13.6. The van der Waals surface area contributed by atoms with E-state index in [1.54, 1.807) is 0 Å². The fourth-order valence-corrected chi connectivity index (χ4v) is 4.24. The number of hydrogen-bond donors (Lipinski definition) is 1. The van der Waals surface area contributed by atoms with Crippen molar-refractivity contribution in [3.8, 4) is 0 Å². The molecule has 2 unspecified atom stereocenters. The first-order chi connectivity index (χ1) is 8.05. The Hall–Kier alpha value is -0.0800. The van der Waals surface area contributed by atoms with Crippen LogP contribution in [-0.2, 0) is 0 Å². The standard InChI is InChI=1S/C16H34N2/c1-12(2)18(13(3)4)11-16(7)9-14(17)8-15(5,6)10-16/h12-14H,8-11,17H2,1-7H3. The van der Waals surface area contributed by atoms with Crippen LogP contribution >= 0.6 is 0 Å². The number of nitrogens with two attached hydrogens (primary N) is 1. The van der Waals surface area contributed by atoms with Gasteiger partial charge in [-0.05, 0) is 57.8 Å². The molecule has 0 aromatic carbocycles. The lowest BCUT2D eigenvalue weighted by atomic mass is 9.62. The minimum absolute atomic E-state index is 0.371. The van der Waals surface area contributed by atoms with Crippen LogP contribution in [0.15, 0.2) is 0 Å². The van der Waals surface area contributed by atoms with E-state index in [-0.39, 0.29) is 0 Å². The van der Waals surface area contributed by atoms with Crippen molar-refractivity contribution < 1.29 is 0 Å². The van der Waals surface area contributed by atoms with Gasteiger partial charge in [0.25, 0.3) is 0 Å². The first-order valence-corrected chi connectivity index (χ1v) is 7.56. The summed E-state index contributed by atoms with van der Waals surface area (Å²) < 4.78 is 0. The highest BCUT2D eigenvalue weighted by Crippen LogP contribution is 2.46. The van der Waals surface area contributed by atoms with Crippen LogP contribution in [-0.4, -0.2) is 29.6 Å². The Labute approximate surface area is 114 Å². The fourth-order valence-electron chi connectivity index (χ4n) is 4.24. The quantitative estimate of drug-likeness (QED) is 0.830. The summed E-state index contributed by atoms with van der Waals surface area (Å²) >= 11 is 0. The first-order valence-electron chi connectivity index (χ1n) is 7.56. The number of nitrogens with zero attached hydrogens (tertiary/aromatic N) is 1. The normalized spacial score (nSPS) is 32.5. The molecule has 2 heteroatoms. The van der Waals surface area contributed by atoms with E-state index < -0.39 is 0 Å². The van der Waals surface area contributed by atoms with Crippen molar-refractivity contribution in [2.75, 3.05) is 6.54 Å². The highest BCUT2D eigenvalue weighted by atomic mass is 15.2. The largest absolute Gasteiger partial charge is 0.328 e. The van der Waals surface area contributed by atoms with Crippen LogP contribution in [0.5, 0.6) is 0 Å². The molecule has 108 valence electrons. The second-order valence-corrected chi connectivity index (χ2v) is 8.18. The van der Waals surface area contributed by atoms with Crippen LogP contribution in [0.1, 0.15) is 67.7 Å². The molecule has 1 fully saturated rings. The van der Waals surface area contributed by atoms with Crippen molar-refractivity contribution in [3.63, 3.8) is 0 Å². The van der Waals surface area contributed by atoms with Gasteiger partial charge in [-0.25, -0.2) is 0 Å². The van der Waals surface area contributed by atoms with Crippen molar-refractivity contribution in [1.29, 1.82) is 0 Å². The topological polar surface area (TPSA) is 29.3 Å². The highest BCUT2D eigenvalue weighted by molar-refractivity contribution is 4.95. The Bertz CT molecular complexity index is 262. The lowest BCUT2D eigenvalue weighted by Crippen LogP contribution is -2.50. The third-order valence-electron chi connectivity index (χ3n) is 4.37. The van der Waals surface area contributed by atoms with Crippen LogP contribution in [0.25, 0.3) is 0 Å². The molecule has 1 aliphatic rings. The van der Waals surface area contributed by atoms with Gasteiger partial charge in [0.2, 0.25) is 0 Å². The van der Waals surface area contributed by atoms with E-state index in [9.17, 15) is 0 Å². The third kappa shape index (κ3) is 4.24.